The first-order chi connectivity index (χ1) is 27.2. The minimum absolute atomic E-state index is 0.873. The number of fused-ring (bicyclic) bond motifs is 3. The second-order valence-corrected chi connectivity index (χ2v) is 14.0. The number of nitrogens with zero attached hydrogens (tertiary/aromatic N) is 1. The lowest BCUT2D eigenvalue weighted by molar-refractivity contribution is 0.670. The van der Waals surface area contributed by atoms with Crippen LogP contribution in [-0.4, -0.2) is 4.98 Å². The Morgan fingerprint density at radius 1 is 0.273 bits per heavy atom. The highest BCUT2D eigenvalue weighted by atomic mass is 16.3. The summed E-state index contributed by atoms with van der Waals surface area (Å²) in [6.07, 6.45) is 0. The quantitative estimate of drug-likeness (QED) is 0.165. The summed E-state index contributed by atoms with van der Waals surface area (Å²) in [5.74, 6) is 0. The molecule has 10 rings (SSSR count). The van der Waals surface area contributed by atoms with Crippen molar-refractivity contribution in [1.82, 2.24) is 4.98 Å². The maximum absolute atomic E-state index is 6.62. The van der Waals surface area contributed by atoms with Crippen molar-refractivity contribution in [1.29, 1.82) is 0 Å². The molecular formula is C53H35NO. The van der Waals surface area contributed by atoms with Gasteiger partial charge in [0.05, 0.1) is 11.4 Å². The van der Waals surface area contributed by atoms with Crippen LogP contribution in [0.3, 0.4) is 0 Å². The first kappa shape index (κ1) is 32.4. The van der Waals surface area contributed by atoms with E-state index in [1.807, 2.05) is 12.1 Å². The van der Waals surface area contributed by atoms with E-state index in [4.69, 9.17) is 9.40 Å². The van der Waals surface area contributed by atoms with E-state index in [0.717, 1.165) is 100 Å². The molecule has 55 heavy (non-hydrogen) atoms. The Morgan fingerprint density at radius 3 is 1.11 bits per heavy atom. The summed E-state index contributed by atoms with van der Waals surface area (Å²) >= 11 is 0. The maximum atomic E-state index is 6.62. The fourth-order valence-corrected chi connectivity index (χ4v) is 7.70. The summed E-state index contributed by atoms with van der Waals surface area (Å²) in [5.41, 5.74) is 16.9. The minimum atomic E-state index is 0.873. The normalized spacial score (nSPS) is 11.3. The molecule has 258 valence electrons. The molecule has 2 heterocycles. The zero-order valence-electron chi connectivity index (χ0n) is 30.1. The van der Waals surface area contributed by atoms with Crippen molar-refractivity contribution >= 4 is 21.9 Å². The lowest BCUT2D eigenvalue weighted by atomic mass is 9.92. The molecule has 10 aromatic rings. The van der Waals surface area contributed by atoms with Crippen LogP contribution in [0.5, 0.6) is 0 Å². The number of pyridine rings is 1. The van der Waals surface area contributed by atoms with Gasteiger partial charge in [-0.3, -0.25) is 0 Å². The smallest absolute Gasteiger partial charge is 0.143 e. The Balaban J connectivity index is 1.25. The number of furan rings is 1. The summed E-state index contributed by atoms with van der Waals surface area (Å²) in [6, 6.07) is 75.2. The van der Waals surface area contributed by atoms with Crippen molar-refractivity contribution in [3.05, 3.63) is 212 Å². The molecule has 0 saturated heterocycles. The zero-order valence-corrected chi connectivity index (χ0v) is 30.1. The summed E-state index contributed by atoms with van der Waals surface area (Å²) in [6.45, 7) is 0. The van der Waals surface area contributed by atoms with Gasteiger partial charge in [-0.2, -0.15) is 0 Å². The number of hydrogen-bond acceptors (Lipinski definition) is 2. The Labute approximate surface area is 320 Å². The number of para-hydroxylation sites is 2. The molecule has 0 fully saturated rings. The molecule has 0 aliphatic rings. The lowest BCUT2D eigenvalue weighted by Gasteiger charge is -2.15. The molecule has 8 aromatic carbocycles. The number of rotatable bonds is 7. The highest BCUT2D eigenvalue weighted by Crippen LogP contribution is 2.41. The van der Waals surface area contributed by atoms with Crippen LogP contribution in [-0.2, 0) is 0 Å². The van der Waals surface area contributed by atoms with Crippen LogP contribution in [0.4, 0.5) is 0 Å². The van der Waals surface area contributed by atoms with Gasteiger partial charge in [0.2, 0.25) is 0 Å². The van der Waals surface area contributed by atoms with Crippen LogP contribution in [0.1, 0.15) is 0 Å². The monoisotopic (exact) mass is 701 g/mol. The summed E-state index contributed by atoms with van der Waals surface area (Å²) < 4.78 is 6.62. The number of hydrogen-bond donors (Lipinski definition) is 0. The van der Waals surface area contributed by atoms with Gasteiger partial charge >= 0.3 is 0 Å². The van der Waals surface area contributed by atoms with E-state index in [-0.39, 0.29) is 0 Å². The van der Waals surface area contributed by atoms with Gasteiger partial charge in [0.15, 0.2) is 0 Å². The molecule has 0 bridgehead atoms. The highest BCUT2D eigenvalue weighted by molar-refractivity contribution is 6.09. The second kappa shape index (κ2) is 13.9. The van der Waals surface area contributed by atoms with E-state index >= 15 is 0 Å². The molecule has 0 unspecified atom stereocenters. The van der Waals surface area contributed by atoms with E-state index < -0.39 is 0 Å². The van der Waals surface area contributed by atoms with Gasteiger partial charge in [-0.1, -0.05) is 158 Å². The predicted octanol–water partition coefficient (Wildman–Crippen LogP) is 14.6. The van der Waals surface area contributed by atoms with Crippen LogP contribution in [0.15, 0.2) is 217 Å². The third-order valence-electron chi connectivity index (χ3n) is 10.4. The third-order valence-corrected chi connectivity index (χ3v) is 10.4. The SMILES string of the molecule is c1ccc(-c2cc(-c3ccccc3)cc(-c3cc(-c4cccc5c4oc4ccccc45)cc(-c4cc(-c5ccccc5)cc(-c5ccccc5)c4)n3)c2)cc1. The van der Waals surface area contributed by atoms with Crippen molar-refractivity contribution in [2.75, 3.05) is 0 Å². The highest BCUT2D eigenvalue weighted by Gasteiger charge is 2.17. The Kier molecular flexibility index (Phi) is 8.20. The summed E-state index contributed by atoms with van der Waals surface area (Å²) in [7, 11) is 0. The standard InChI is InChI=1S/C53H35NO/c1-5-16-36(17-6-1)40-28-41(37-18-7-2-8-19-37)31-45(30-40)50-34-44(47-25-15-26-49-48-24-13-14-27-52(48)55-53(47)49)35-51(54-50)46-32-42(38-20-9-3-10-21-38)29-43(33-46)39-22-11-4-12-23-39/h1-35H. The van der Waals surface area contributed by atoms with Crippen molar-refractivity contribution in [3.63, 3.8) is 0 Å². The van der Waals surface area contributed by atoms with Crippen LogP contribution >= 0.6 is 0 Å². The first-order valence-corrected chi connectivity index (χ1v) is 18.7. The fourth-order valence-electron chi connectivity index (χ4n) is 7.70. The fraction of sp³-hybridized carbons (Fsp3) is 0. The van der Waals surface area contributed by atoms with Gasteiger partial charge in [-0.15, -0.1) is 0 Å². The Hall–Kier alpha value is -7.29. The van der Waals surface area contributed by atoms with Crippen molar-refractivity contribution in [2.24, 2.45) is 0 Å². The average molecular weight is 702 g/mol. The van der Waals surface area contributed by atoms with Crippen LogP contribution in [0.25, 0.3) is 100 Å². The maximum Gasteiger partial charge on any atom is 0.143 e. The van der Waals surface area contributed by atoms with Crippen molar-refractivity contribution in [2.45, 2.75) is 0 Å². The lowest BCUT2D eigenvalue weighted by Crippen LogP contribution is -1.94. The topological polar surface area (TPSA) is 26.0 Å². The molecule has 0 N–H and O–H groups in total. The molecular weight excluding hydrogens is 667 g/mol. The van der Waals surface area contributed by atoms with Crippen LogP contribution in [0, 0.1) is 0 Å². The Morgan fingerprint density at radius 2 is 0.655 bits per heavy atom. The van der Waals surface area contributed by atoms with Crippen molar-refractivity contribution < 1.29 is 4.42 Å². The van der Waals surface area contributed by atoms with Gasteiger partial charge in [-0.25, -0.2) is 4.98 Å². The second-order valence-electron chi connectivity index (χ2n) is 14.0. The number of benzene rings is 8. The van der Waals surface area contributed by atoms with E-state index in [0.29, 0.717) is 0 Å². The van der Waals surface area contributed by atoms with Gasteiger partial charge in [-0.05, 0) is 105 Å². The van der Waals surface area contributed by atoms with Gasteiger partial charge < -0.3 is 4.42 Å². The summed E-state index contributed by atoms with van der Waals surface area (Å²) in [5, 5.41) is 2.21. The summed E-state index contributed by atoms with van der Waals surface area (Å²) in [4.78, 5) is 5.53. The molecule has 0 spiro atoms. The molecule has 0 amide bonds. The van der Waals surface area contributed by atoms with Crippen molar-refractivity contribution in [3.8, 4) is 78.1 Å². The largest absolute Gasteiger partial charge is 0.455 e. The number of aromatic nitrogens is 1. The predicted molar refractivity (Wildman–Crippen MR) is 230 cm³/mol. The van der Waals surface area contributed by atoms with Crippen LogP contribution < -0.4 is 0 Å². The Bertz CT molecular complexity index is 2690. The first-order valence-electron chi connectivity index (χ1n) is 18.7. The zero-order chi connectivity index (χ0) is 36.6. The van der Waals surface area contributed by atoms with E-state index in [9.17, 15) is 0 Å². The molecule has 2 nitrogen and oxygen atoms in total. The average Bonchev–Trinajstić information content (AvgIpc) is 3.66. The third kappa shape index (κ3) is 6.30. The van der Waals surface area contributed by atoms with E-state index in [1.165, 1.54) is 0 Å². The van der Waals surface area contributed by atoms with E-state index in [1.54, 1.807) is 0 Å². The molecule has 0 aliphatic carbocycles. The molecule has 2 aromatic heterocycles. The van der Waals surface area contributed by atoms with E-state index in [2.05, 4.69) is 200 Å². The molecule has 2 heteroatoms. The molecule has 0 radical (unpaired) electrons. The minimum Gasteiger partial charge on any atom is -0.455 e. The molecule has 0 atom stereocenters. The van der Waals surface area contributed by atoms with Crippen LogP contribution in [0.2, 0.25) is 0 Å². The molecule has 0 saturated carbocycles. The van der Waals surface area contributed by atoms with Gasteiger partial charge in [0.1, 0.15) is 11.2 Å². The molecule has 0 aliphatic heterocycles. The van der Waals surface area contributed by atoms with Gasteiger partial charge in [0, 0.05) is 27.5 Å². The van der Waals surface area contributed by atoms with Gasteiger partial charge in [0.25, 0.3) is 0 Å².